The van der Waals surface area contributed by atoms with Crippen molar-refractivity contribution in [3.05, 3.63) is 33.9 Å². The number of rotatable bonds is 14. The molecule has 0 bridgehead atoms. The fourth-order valence-corrected chi connectivity index (χ4v) is 4.97. The molecule has 0 unspecified atom stereocenters. The van der Waals surface area contributed by atoms with Gasteiger partial charge in [-0.15, -0.1) is 0 Å². The summed E-state index contributed by atoms with van der Waals surface area (Å²) < 4.78 is 5.27. The number of carbonyl (C=O) groups excluding carboxylic acids is 1. The zero-order valence-corrected chi connectivity index (χ0v) is 19.4. The minimum Gasteiger partial charge on any atom is -0.461 e. The quantitative estimate of drug-likeness (QED) is 0.242. The van der Waals surface area contributed by atoms with E-state index in [1.165, 1.54) is 80.0 Å². The third kappa shape index (κ3) is 6.33. The third-order valence-corrected chi connectivity index (χ3v) is 7.86. The predicted octanol–water partition coefficient (Wildman–Crippen LogP) is 7.32. The minimum absolute atomic E-state index is 0.0944. The van der Waals surface area contributed by atoms with Gasteiger partial charge in [0.1, 0.15) is 5.60 Å². The maximum atomic E-state index is 10.6. The Bertz CT molecular complexity index is 695. The van der Waals surface area contributed by atoms with E-state index in [1.807, 2.05) is 0 Å². The van der Waals surface area contributed by atoms with Crippen LogP contribution >= 0.6 is 0 Å². The first kappa shape index (κ1) is 22.4. The Kier molecular flexibility index (Phi) is 7.46. The maximum absolute atomic E-state index is 10.6. The lowest BCUT2D eigenvalue weighted by molar-refractivity contribution is -0.135. The van der Waals surface area contributed by atoms with Crippen LogP contribution in [0.1, 0.15) is 112 Å². The van der Waals surface area contributed by atoms with Crippen molar-refractivity contribution < 1.29 is 9.53 Å². The lowest BCUT2D eigenvalue weighted by Crippen LogP contribution is -2.12. The van der Waals surface area contributed by atoms with Gasteiger partial charge in [-0.3, -0.25) is 4.79 Å². The van der Waals surface area contributed by atoms with E-state index in [9.17, 15) is 4.79 Å². The first-order valence-corrected chi connectivity index (χ1v) is 12.1. The van der Waals surface area contributed by atoms with E-state index in [0.717, 1.165) is 37.5 Å². The van der Waals surface area contributed by atoms with E-state index in [2.05, 4.69) is 33.8 Å². The van der Waals surface area contributed by atoms with Crippen molar-refractivity contribution in [2.45, 2.75) is 123 Å². The molecule has 0 atom stereocenters. The summed E-state index contributed by atoms with van der Waals surface area (Å²) in [5.41, 5.74) is 8.24. The summed E-state index contributed by atoms with van der Waals surface area (Å²) in [4.78, 5) is 10.6. The Labute approximate surface area is 178 Å². The highest BCUT2D eigenvalue weighted by atomic mass is 16.5. The van der Waals surface area contributed by atoms with Crippen LogP contribution in [0.25, 0.3) is 0 Å². The van der Waals surface area contributed by atoms with Crippen LogP contribution in [0.4, 0.5) is 0 Å². The molecule has 2 heteroatoms. The van der Waals surface area contributed by atoms with Crippen LogP contribution < -0.4 is 0 Å². The fraction of sp³-hybridized carbons (Fsp3) is 0.741. The minimum atomic E-state index is -0.0944. The molecule has 1 aromatic carbocycles. The van der Waals surface area contributed by atoms with Gasteiger partial charge in [-0.1, -0.05) is 32.3 Å². The summed E-state index contributed by atoms with van der Waals surface area (Å²) >= 11 is 0. The SMILES string of the molecule is Cc1cc(CCCCC2(OC=O)CC2)c(C)c(C)c1CCCCCCC1(C)CC1. The van der Waals surface area contributed by atoms with Gasteiger partial charge >= 0.3 is 0 Å². The van der Waals surface area contributed by atoms with E-state index in [1.54, 1.807) is 5.56 Å². The molecular formula is C27H42O2. The molecule has 0 amide bonds. The van der Waals surface area contributed by atoms with Gasteiger partial charge in [-0.25, -0.2) is 0 Å². The third-order valence-electron chi connectivity index (χ3n) is 7.86. The van der Waals surface area contributed by atoms with E-state index in [4.69, 9.17) is 4.74 Å². The second kappa shape index (κ2) is 9.67. The van der Waals surface area contributed by atoms with Crippen molar-refractivity contribution in [1.29, 1.82) is 0 Å². The molecule has 1 aromatic rings. The number of hydrogen-bond donors (Lipinski definition) is 0. The van der Waals surface area contributed by atoms with Crippen molar-refractivity contribution in [1.82, 2.24) is 0 Å². The summed E-state index contributed by atoms with van der Waals surface area (Å²) in [6.45, 7) is 10.0. The lowest BCUT2D eigenvalue weighted by Gasteiger charge is -2.18. The number of unbranched alkanes of at least 4 members (excludes halogenated alkanes) is 4. The van der Waals surface area contributed by atoms with E-state index >= 15 is 0 Å². The first-order chi connectivity index (χ1) is 13.9. The zero-order valence-electron chi connectivity index (χ0n) is 19.4. The molecule has 2 aliphatic carbocycles. The van der Waals surface area contributed by atoms with Crippen LogP contribution in [0.2, 0.25) is 0 Å². The molecule has 2 fully saturated rings. The van der Waals surface area contributed by atoms with Gasteiger partial charge < -0.3 is 4.74 Å². The van der Waals surface area contributed by atoms with Crippen molar-refractivity contribution in [2.24, 2.45) is 5.41 Å². The number of hydrogen-bond acceptors (Lipinski definition) is 2. The Morgan fingerprint density at radius 2 is 1.52 bits per heavy atom. The van der Waals surface area contributed by atoms with Gasteiger partial charge in [-0.05, 0) is 125 Å². The predicted molar refractivity (Wildman–Crippen MR) is 121 cm³/mol. The summed E-state index contributed by atoms with van der Waals surface area (Å²) in [5.74, 6) is 0. The molecular weight excluding hydrogens is 356 g/mol. The Morgan fingerprint density at radius 3 is 2.17 bits per heavy atom. The number of carbonyl (C=O) groups is 1. The highest BCUT2D eigenvalue weighted by Crippen LogP contribution is 2.49. The van der Waals surface area contributed by atoms with E-state index in [0.29, 0.717) is 6.47 Å². The van der Waals surface area contributed by atoms with Gasteiger partial charge in [0.2, 0.25) is 0 Å². The molecule has 0 radical (unpaired) electrons. The molecule has 0 heterocycles. The van der Waals surface area contributed by atoms with E-state index < -0.39 is 0 Å². The molecule has 0 spiro atoms. The molecule has 0 N–H and O–H groups in total. The summed E-state index contributed by atoms with van der Waals surface area (Å²) in [7, 11) is 0. The second-order valence-electron chi connectivity index (χ2n) is 10.4. The van der Waals surface area contributed by atoms with Gasteiger partial charge in [0.15, 0.2) is 0 Å². The monoisotopic (exact) mass is 398 g/mol. The molecule has 29 heavy (non-hydrogen) atoms. The first-order valence-electron chi connectivity index (χ1n) is 12.1. The topological polar surface area (TPSA) is 26.3 Å². The van der Waals surface area contributed by atoms with Gasteiger partial charge in [-0.2, -0.15) is 0 Å². The molecule has 162 valence electrons. The smallest absolute Gasteiger partial charge is 0.293 e. The highest BCUT2D eigenvalue weighted by Gasteiger charge is 2.44. The Balaban J connectivity index is 1.41. The standard InChI is InChI=1S/C27H42O2/c1-21-19-24(11-8-10-14-27(17-18-27)29-20-28)22(2)23(3)25(21)12-7-5-6-9-13-26(4)15-16-26/h19-20H,5-18H2,1-4H3. The number of benzene rings is 1. The average Bonchev–Trinajstić information content (AvgIpc) is 3.61. The molecule has 0 saturated heterocycles. The van der Waals surface area contributed by atoms with Crippen LogP contribution in [0.5, 0.6) is 0 Å². The summed E-state index contributed by atoms with van der Waals surface area (Å²) in [6, 6.07) is 2.44. The maximum Gasteiger partial charge on any atom is 0.293 e. The lowest BCUT2D eigenvalue weighted by atomic mass is 9.88. The average molecular weight is 399 g/mol. The molecule has 0 aromatic heterocycles. The molecule has 2 saturated carbocycles. The molecule has 2 nitrogen and oxygen atoms in total. The summed E-state index contributed by atoms with van der Waals surface area (Å²) in [6.07, 6.45) is 17.7. The van der Waals surface area contributed by atoms with Gasteiger partial charge in [0, 0.05) is 0 Å². The zero-order chi connectivity index (χ0) is 20.9. The summed E-state index contributed by atoms with van der Waals surface area (Å²) in [5, 5.41) is 0. The number of aryl methyl sites for hydroxylation is 2. The van der Waals surface area contributed by atoms with Gasteiger partial charge in [0.05, 0.1) is 0 Å². The molecule has 2 aliphatic rings. The number of ether oxygens (including phenoxy) is 1. The largest absolute Gasteiger partial charge is 0.461 e. The van der Waals surface area contributed by atoms with Crippen LogP contribution in [0.15, 0.2) is 6.07 Å². The van der Waals surface area contributed by atoms with Crippen molar-refractivity contribution >= 4 is 6.47 Å². The Hall–Kier alpha value is -1.31. The highest BCUT2D eigenvalue weighted by molar-refractivity contribution is 5.44. The van der Waals surface area contributed by atoms with Crippen molar-refractivity contribution in [3.63, 3.8) is 0 Å². The molecule has 3 rings (SSSR count). The normalized spacial score (nSPS) is 18.5. The van der Waals surface area contributed by atoms with Crippen LogP contribution in [-0.4, -0.2) is 12.1 Å². The van der Waals surface area contributed by atoms with Crippen LogP contribution in [-0.2, 0) is 22.4 Å². The second-order valence-corrected chi connectivity index (χ2v) is 10.4. The van der Waals surface area contributed by atoms with E-state index in [-0.39, 0.29) is 5.60 Å². The van der Waals surface area contributed by atoms with Crippen molar-refractivity contribution in [3.8, 4) is 0 Å². The molecule has 0 aliphatic heterocycles. The van der Waals surface area contributed by atoms with Gasteiger partial charge in [0.25, 0.3) is 6.47 Å². The van der Waals surface area contributed by atoms with Crippen LogP contribution in [0, 0.1) is 26.2 Å². The van der Waals surface area contributed by atoms with Crippen LogP contribution in [0.3, 0.4) is 0 Å². The fourth-order valence-electron chi connectivity index (χ4n) is 4.97. The van der Waals surface area contributed by atoms with Crippen molar-refractivity contribution in [2.75, 3.05) is 0 Å². The Morgan fingerprint density at radius 1 is 0.862 bits per heavy atom.